The van der Waals surface area contributed by atoms with Gasteiger partial charge in [-0.15, -0.1) is 0 Å². The van der Waals surface area contributed by atoms with Crippen LogP contribution < -0.4 is 5.32 Å². The SMILES string of the molecule is CN1CCc2cc(Cl)c(NC(=O)CO)c([N+](=O)[O-])c2[C@H]2c3ccccc3CC[C@@H]21. The van der Waals surface area contributed by atoms with Gasteiger partial charge in [-0.2, -0.15) is 0 Å². The van der Waals surface area contributed by atoms with Gasteiger partial charge in [-0.3, -0.25) is 14.9 Å². The summed E-state index contributed by atoms with van der Waals surface area (Å²) in [7, 11) is 2.05. The molecule has 1 aliphatic heterocycles. The van der Waals surface area contributed by atoms with Crippen LogP contribution in [0.5, 0.6) is 0 Å². The number of hydrogen-bond acceptors (Lipinski definition) is 5. The van der Waals surface area contributed by atoms with Crippen LogP contribution in [0.4, 0.5) is 11.4 Å². The molecular formula is C21H22ClN3O4. The first-order valence-electron chi connectivity index (χ1n) is 9.60. The average Bonchev–Trinajstić information content (AvgIpc) is 2.85. The molecule has 0 fully saturated rings. The molecular weight excluding hydrogens is 394 g/mol. The first kappa shape index (κ1) is 19.8. The summed E-state index contributed by atoms with van der Waals surface area (Å²) in [4.78, 5) is 25.8. The Morgan fingerprint density at radius 3 is 2.83 bits per heavy atom. The van der Waals surface area contributed by atoms with E-state index in [9.17, 15) is 14.9 Å². The van der Waals surface area contributed by atoms with Crippen LogP contribution in [0.1, 0.15) is 34.6 Å². The molecule has 1 aliphatic carbocycles. The lowest BCUT2D eigenvalue weighted by atomic mass is 9.74. The van der Waals surface area contributed by atoms with Crippen molar-refractivity contribution in [2.24, 2.45) is 0 Å². The summed E-state index contributed by atoms with van der Waals surface area (Å²) in [6.45, 7) is -0.00560. The summed E-state index contributed by atoms with van der Waals surface area (Å²) in [6.07, 6.45) is 2.46. The van der Waals surface area contributed by atoms with Crippen LogP contribution in [-0.4, -0.2) is 47.1 Å². The number of aliphatic hydroxyl groups excluding tert-OH is 1. The Hall–Kier alpha value is -2.48. The highest BCUT2D eigenvalue weighted by atomic mass is 35.5. The molecule has 2 aromatic carbocycles. The van der Waals surface area contributed by atoms with E-state index in [4.69, 9.17) is 16.7 Å². The molecule has 2 atom stereocenters. The van der Waals surface area contributed by atoms with Crippen molar-refractivity contribution in [1.82, 2.24) is 4.90 Å². The van der Waals surface area contributed by atoms with Gasteiger partial charge in [-0.1, -0.05) is 35.9 Å². The number of hydrogen-bond donors (Lipinski definition) is 2. The van der Waals surface area contributed by atoms with E-state index in [-0.39, 0.29) is 28.4 Å². The second-order valence-electron chi connectivity index (χ2n) is 7.63. The van der Waals surface area contributed by atoms with Gasteiger partial charge in [0.2, 0.25) is 5.91 Å². The highest BCUT2D eigenvalue weighted by Gasteiger charge is 2.42. The zero-order valence-corrected chi connectivity index (χ0v) is 16.8. The van der Waals surface area contributed by atoms with Gasteiger partial charge in [0, 0.05) is 24.1 Å². The van der Waals surface area contributed by atoms with Crippen LogP contribution >= 0.6 is 11.6 Å². The molecule has 0 spiro atoms. The lowest BCUT2D eigenvalue weighted by Crippen LogP contribution is -2.39. The molecule has 4 rings (SSSR count). The maximum Gasteiger partial charge on any atom is 0.298 e. The van der Waals surface area contributed by atoms with Gasteiger partial charge in [-0.05, 0) is 49.1 Å². The van der Waals surface area contributed by atoms with E-state index in [1.54, 1.807) is 6.07 Å². The Balaban J connectivity index is 2.01. The zero-order chi connectivity index (χ0) is 20.7. The van der Waals surface area contributed by atoms with E-state index < -0.39 is 17.4 Å². The number of benzene rings is 2. The molecule has 29 heavy (non-hydrogen) atoms. The minimum absolute atomic E-state index is 0.0409. The van der Waals surface area contributed by atoms with Crippen molar-refractivity contribution in [3.63, 3.8) is 0 Å². The molecule has 2 aromatic rings. The normalized spacial score (nSPS) is 20.8. The van der Waals surface area contributed by atoms with Crippen molar-refractivity contribution in [2.45, 2.75) is 31.2 Å². The molecule has 0 bridgehead atoms. The zero-order valence-electron chi connectivity index (χ0n) is 16.0. The fourth-order valence-corrected chi connectivity index (χ4v) is 5.04. The summed E-state index contributed by atoms with van der Waals surface area (Å²) >= 11 is 6.36. The third kappa shape index (κ3) is 3.39. The maximum absolute atomic E-state index is 12.2. The molecule has 0 saturated heterocycles. The fraction of sp³-hybridized carbons (Fsp3) is 0.381. The molecule has 0 aromatic heterocycles. The van der Waals surface area contributed by atoms with E-state index >= 15 is 0 Å². The van der Waals surface area contributed by atoms with Crippen molar-refractivity contribution in [3.8, 4) is 0 Å². The van der Waals surface area contributed by atoms with E-state index in [1.807, 2.05) is 18.2 Å². The van der Waals surface area contributed by atoms with E-state index in [0.29, 0.717) is 12.0 Å². The lowest BCUT2D eigenvalue weighted by Gasteiger charge is -2.38. The number of carbonyl (C=O) groups excluding carboxylic acids is 1. The summed E-state index contributed by atoms with van der Waals surface area (Å²) in [5.74, 6) is -0.925. The van der Waals surface area contributed by atoms with E-state index in [0.717, 1.165) is 30.5 Å². The number of amides is 1. The lowest BCUT2D eigenvalue weighted by molar-refractivity contribution is -0.384. The van der Waals surface area contributed by atoms with Crippen molar-refractivity contribution >= 4 is 28.9 Å². The number of halogens is 1. The molecule has 8 heteroatoms. The van der Waals surface area contributed by atoms with Gasteiger partial charge in [0.05, 0.1) is 9.95 Å². The van der Waals surface area contributed by atoms with Gasteiger partial charge >= 0.3 is 0 Å². The molecule has 152 valence electrons. The minimum Gasteiger partial charge on any atom is -0.387 e. The van der Waals surface area contributed by atoms with Gasteiger partial charge in [0.15, 0.2) is 0 Å². The Morgan fingerprint density at radius 1 is 1.34 bits per heavy atom. The Morgan fingerprint density at radius 2 is 2.10 bits per heavy atom. The van der Waals surface area contributed by atoms with Gasteiger partial charge in [-0.25, -0.2) is 0 Å². The second kappa shape index (κ2) is 7.74. The van der Waals surface area contributed by atoms with E-state index in [1.165, 1.54) is 5.56 Å². The molecule has 0 saturated carbocycles. The number of aryl methyl sites for hydroxylation is 1. The largest absolute Gasteiger partial charge is 0.387 e. The Kier molecular flexibility index (Phi) is 5.29. The molecule has 2 N–H and O–H groups in total. The number of nitrogens with zero attached hydrogens (tertiary/aromatic N) is 2. The number of nitro benzene ring substituents is 1. The predicted octanol–water partition coefficient (Wildman–Crippen LogP) is 3.11. The van der Waals surface area contributed by atoms with Crippen LogP contribution in [0.3, 0.4) is 0 Å². The summed E-state index contributed by atoms with van der Waals surface area (Å²) in [5, 5.41) is 23.9. The molecule has 2 aliphatic rings. The summed E-state index contributed by atoms with van der Waals surface area (Å²) in [6, 6.07) is 9.91. The van der Waals surface area contributed by atoms with Crippen molar-refractivity contribution in [1.29, 1.82) is 0 Å². The number of nitro groups is 1. The van der Waals surface area contributed by atoms with Crippen LogP contribution in [-0.2, 0) is 17.6 Å². The van der Waals surface area contributed by atoms with Crippen molar-refractivity contribution in [2.75, 3.05) is 25.5 Å². The van der Waals surface area contributed by atoms with Crippen LogP contribution in [0.25, 0.3) is 0 Å². The Bertz CT molecular complexity index is 994. The van der Waals surface area contributed by atoms with Gasteiger partial charge in [0.25, 0.3) is 5.69 Å². The summed E-state index contributed by atoms with van der Waals surface area (Å²) in [5.41, 5.74) is 3.52. The third-order valence-corrected chi connectivity index (χ3v) is 6.36. The fourth-order valence-electron chi connectivity index (χ4n) is 4.77. The first-order valence-corrected chi connectivity index (χ1v) is 9.98. The predicted molar refractivity (Wildman–Crippen MR) is 111 cm³/mol. The highest BCUT2D eigenvalue weighted by Crippen LogP contribution is 2.49. The minimum atomic E-state index is -0.776. The molecule has 1 heterocycles. The number of carbonyl (C=O) groups is 1. The van der Waals surface area contributed by atoms with Gasteiger partial charge < -0.3 is 15.3 Å². The summed E-state index contributed by atoms with van der Waals surface area (Å²) < 4.78 is 0. The monoisotopic (exact) mass is 415 g/mol. The number of rotatable bonds is 3. The third-order valence-electron chi connectivity index (χ3n) is 6.06. The van der Waals surface area contributed by atoms with Crippen molar-refractivity contribution < 1.29 is 14.8 Å². The standard InChI is InChI=1S/C21H22ClN3O4/c1-24-9-8-13-10-15(22)20(23-17(27)11-26)21(25(28)29)18(13)19-14-5-3-2-4-12(14)6-7-16(19)24/h2-5,10,16,19,26H,6-9,11H2,1H3,(H,23,27)/t16-,19-/m0/s1. The molecule has 0 radical (unpaired) electrons. The van der Waals surface area contributed by atoms with Crippen LogP contribution in [0.15, 0.2) is 30.3 Å². The Labute approximate surface area is 173 Å². The number of fused-ring (bicyclic) bond motifs is 5. The number of aliphatic hydroxyl groups is 1. The smallest absolute Gasteiger partial charge is 0.298 e. The number of likely N-dealkylation sites (N-methyl/N-ethyl adjacent to an activating group) is 1. The molecule has 1 amide bonds. The topological polar surface area (TPSA) is 95.7 Å². The quantitative estimate of drug-likeness (QED) is 0.593. The van der Waals surface area contributed by atoms with Gasteiger partial charge in [0.1, 0.15) is 12.3 Å². The molecule has 7 nitrogen and oxygen atoms in total. The first-order chi connectivity index (χ1) is 13.9. The van der Waals surface area contributed by atoms with E-state index in [2.05, 4.69) is 23.3 Å². The van der Waals surface area contributed by atoms with Crippen molar-refractivity contribution in [3.05, 3.63) is 67.7 Å². The van der Waals surface area contributed by atoms with Crippen LogP contribution in [0, 0.1) is 10.1 Å². The van der Waals surface area contributed by atoms with Crippen LogP contribution in [0.2, 0.25) is 5.02 Å². The second-order valence-corrected chi connectivity index (χ2v) is 8.04. The maximum atomic E-state index is 12.2. The number of anilines is 1. The number of nitrogens with one attached hydrogen (secondary N) is 1. The average molecular weight is 416 g/mol. The molecule has 0 unspecified atom stereocenters. The highest BCUT2D eigenvalue weighted by molar-refractivity contribution is 6.34.